The fraction of sp³-hybridized carbons (Fsp3) is 0.211. The molecule has 0 spiro atoms. The van der Waals surface area contributed by atoms with Gasteiger partial charge in [0, 0.05) is 12.2 Å². The molecule has 0 saturated carbocycles. The molecular weight excluding hydrogens is 307 g/mol. The summed E-state index contributed by atoms with van der Waals surface area (Å²) in [6.45, 7) is 4.96. The molecule has 0 saturated heterocycles. The molecule has 0 bridgehead atoms. The highest BCUT2D eigenvalue weighted by Crippen LogP contribution is 2.13. The lowest BCUT2D eigenvalue weighted by atomic mass is 10.2. The third-order valence-corrected chi connectivity index (χ3v) is 3.29. The minimum Gasteiger partial charge on any atom is -0.490 e. The minimum absolute atomic E-state index is 0.143. The zero-order valence-electron chi connectivity index (χ0n) is 13.7. The summed E-state index contributed by atoms with van der Waals surface area (Å²) in [5, 5.41) is 2.74. The van der Waals surface area contributed by atoms with E-state index >= 15 is 0 Å². The number of carbonyl (C=O) groups is 1. The Labute approximate surface area is 141 Å². The second-order valence-electron chi connectivity index (χ2n) is 5.47. The Bertz CT molecular complexity index is 669. The van der Waals surface area contributed by atoms with Gasteiger partial charge >= 0.3 is 0 Å². The Hall–Kier alpha value is -2.66. The van der Waals surface area contributed by atoms with Crippen LogP contribution in [-0.2, 0) is 11.3 Å². The van der Waals surface area contributed by atoms with Crippen LogP contribution in [0, 0.1) is 5.82 Å². The fourth-order valence-electron chi connectivity index (χ4n) is 2.19. The lowest BCUT2D eigenvalue weighted by molar-refractivity contribution is -0.117. The molecule has 2 aromatic carbocycles. The quantitative estimate of drug-likeness (QED) is 0.755. The molecule has 0 aliphatic carbocycles. The summed E-state index contributed by atoms with van der Waals surface area (Å²) in [5.74, 6) is 0.316. The number of likely N-dealkylation sites (N-methyl/N-ethyl adjacent to an activating group) is 1. The van der Waals surface area contributed by atoms with Gasteiger partial charge in [0.1, 0.15) is 18.2 Å². The molecule has 0 fully saturated rings. The van der Waals surface area contributed by atoms with Crippen LogP contribution in [0.1, 0.15) is 5.56 Å². The molecule has 0 aromatic heterocycles. The first-order chi connectivity index (χ1) is 11.6. The highest BCUT2D eigenvalue weighted by molar-refractivity contribution is 5.92. The number of ether oxygens (including phenoxy) is 1. The van der Waals surface area contributed by atoms with Gasteiger partial charge in [-0.2, -0.15) is 0 Å². The number of benzene rings is 2. The van der Waals surface area contributed by atoms with E-state index < -0.39 is 0 Å². The number of hydrogen-bond donors (Lipinski definition) is 1. The average Bonchev–Trinajstić information content (AvgIpc) is 2.56. The van der Waals surface area contributed by atoms with Crippen molar-refractivity contribution >= 4 is 11.6 Å². The van der Waals surface area contributed by atoms with E-state index in [1.165, 1.54) is 24.3 Å². The van der Waals surface area contributed by atoms with Crippen molar-refractivity contribution in [3.63, 3.8) is 0 Å². The number of nitrogens with zero attached hydrogens (tertiary/aromatic N) is 1. The summed E-state index contributed by atoms with van der Waals surface area (Å²) >= 11 is 0. The van der Waals surface area contributed by atoms with Crippen LogP contribution >= 0.6 is 0 Å². The van der Waals surface area contributed by atoms with Gasteiger partial charge in [-0.15, -0.1) is 0 Å². The maximum Gasteiger partial charge on any atom is 0.238 e. The molecule has 0 aliphatic heterocycles. The molecule has 0 heterocycles. The third kappa shape index (κ3) is 5.85. The van der Waals surface area contributed by atoms with Gasteiger partial charge in [0.05, 0.1) is 6.54 Å². The zero-order chi connectivity index (χ0) is 17.4. The lowest BCUT2D eigenvalue weighted by Crippen LogP contribution is -2.29. The molecule has 24 heavy (non-hydrogen) atoms. The van der Waals surface area contributed by atoms with E-state index in [4.69, 9.17) is 4.74 Å². The molecule has 5 heteroatoms. The Kier molecular flexibility index (Phi) is 6.51. The highest BCUT2D eigenvalue weighted by Gasteiger charge is 2.08. The summed E-state index contributed by atoms with van der Waals surface area (Å²) < 4.78 is 18.3. The van der Waals surface area contributed by atoms with Crippen LogP contribution in [-0.4, -0.2) is 31.0 Å². The van der Waals surface area contributed by atoms with E-state index in [2.05, 4.69) is 11.9 Å². The van der Waals surface area contributed by atoms with E-state index in [1.807, 2.05) is 36.2 Å². The van der Waals surface area contributed by atoms with Crippen LogP contribution in [0.25, 0.3) is 0 Å². The molecule has 0 atom stereocenters. The van der Waals surface area contributed by atoms with Crippen LogP contribution in [0.5, 0.6) is 5.75 Å². The molecule has 2 rings (SSSR count). The van der Waals surface area contributed by atoms with Crippen molar-refractivity contribution in [1.29, 1.82) is 0 Å². The van der Waals surface area contributed by atoms with Gasteiger partial charge in [-0.1, -0.05) is 24.8 Å². The molecule has 2 aromatic rings. The standard InChI is InChI=1S/C19H21FN2O2/c1-3-12-24-18-10-4-15(5-11-18)13-22(2)14-19(23)21-17-8-6-16(20)7-9-17/h3-11H,1,12-14H2,2H3,(H,21,23). The van der Waals surface area contributed by atoms with Crippen LogP contribution in [0.15, 0.2) is 61.2 Å². The Balaban J connectivity index is 1.81. The number of anilines is 1. The van der Waals surface area contributed by atoms with Crippen LogP contribution < -0.4 is 10.1 Å². The fourth-order valence-corrected chi connectivity index (χ4v) is 2.19. The molecule has 0 aliphatic rings. The van der Waals surface area contributed by atoms with Gasteiger partial charge < -0.3 is 10.1 Å². The zero-order valence-corrected chi connectivity index (χ0v) is 13.7. The maximum atomic E-state index is 12.8. The lowest BCUT2D eigenvalue weighted by Gasteiger charge is -2.16. The summed E-state index contributed by atoms with van der Waals surface area (Å²) in [7, 11) is 1.87. The smallest absolute Gasteiger partial charge is 0.238 e. The first-order valence-electron chi connectivity index (χ1n) is 7.63. The van der Waals surface area contributed by atoms with Crippen LogP contribution in [0.3, 0.4) is 0 Å². The number of rotatable bonds is 8. The molecule has 126 valence electrons. The molecule has 1 N–H and O–H groups in total. The van der Waals surface area contributed by atoms with Crippen LogP contribution in [0.2, 0.25) is 0 Å². The topological polar surface area (TPSA) is 41.6 Å². The van der Waals surface area contributed by atoms with Gasteiger partial charge in [0.25, 0.3) is 0 Å². The van der Waals surface area contributed by atoms with Gasteiger partial charge in [0.2, 0.25) is 5.91 Å². The van der Waals surface area contributed by atoms with E-state index in [0.29, 0.717) is 18.8 Å². The second kappa shape index (κ2) is 8.84. The first-order valence-corrected chi connectivity index (χ1v) is 7.63. The molecule has 0 radical (unpaired) electrons. The molecule has 4 nitrogen and oxygen atoms in total. The second-order valence-corrected chi connectivity index (χ2v) is 5.47. The van der Waals surface area contributed by atoms with Crippen molar-refractivity contribution in [2.75, 3.05) is 25.5 Å². The van der Waals surface area contributed by atoms with Gasteiger partial charge in [-0.05, 0) is 49.0 Å². The monoisotopic (exact) mass is 328 g/mol. The number of amides is 1. The predicted octanol–water partition coefficient (Wildman–Crippen LogP) is 3.46. The maximum absolute atomic E-state index is 12.8. The number of nitrogens with one attached hydrogen (secondary N) is 1. The van der Waals surface area contributed by atoms with E-state index in [0.717, 1.165) is 11.3 Å². The van der Waals surface area contributed by atoms with Crippen molar-refractivity contribution < 1.29 is 13.9 Å². The SMILES string of the molecule is C=CCOc1ccc(CN(C)CC(=O)Nc2ccc(F)cc2)cc1. The molecule has 1 amide bonds. The Morgan fingerprint density at radius 3 is 2.50 bits per heavy atom. The largest absolute Gasteiger partial charge is 0.490 e. The van der Waals surface area contributed by atoms with Crippen molar-refractivity contribution in [2.24, 2.45) is 0 Å². The Morgan fingerprint density at radius 1 is 1.21 bits per heavy atom. The van der Waals surface area contributed by atoms with Crippen molar-refractivity contribution in [2.45, 2.75) is 6.54 Å². The van der Waals surface area contributed by atoms with E-state index in [9.17, 15) is 9.18 Å². The van der Waals surface area contributed by atoms with E-state index in [1.54, 1.807) is 6.08 Å². The summed E-state index contributed by atoms with van der Waals surface area (Å²) in [6.07, 6.45) is 1.70. The number of carbonyl (C=O) groups excluding carboxylic acids is 1. The molecular formula is C19H21FN2O2. The van der Waals surface area contributed by atoms with Gasteiger partial charge in [-0.3, -0.25) is 9.69 Å². The minimum atomic E-state index is -0.328. The highest BCUT2D eigenvalue weighted by atomic mass is 19.1. The van der Waals surface area contributed by atoms with Gasteiger partial charge in [-0.25, -0.2) is 4.39 Å². The third-order valence-electron chi connectivity index (χ3n) is 3.29. The molecule has 0 unspecified atom stereocenters. The van der Waals surface area contributed by atoms with Gasteiger partial charge in [0.15, 0.2) is 0 Å². The number of hydrogen-bond acceptors (Lipinski definition) is 3. The normalized spacial score (nSPS) is 10.5. The van der Waals surface area contributed by atoms with E-state index in [-0.39, 0.29) is 18.3 Å². The predicted molar refractivity (Wildman–Crippen MR) is 93.5 cm³/mol. The first kappa shape index (κ1) is 17.7. The average molecular weight is 328 g/mol. The summed E-state index contributed by atoms with van der Waals surface area (Å²) in [4.78, 5) is 13.9. The summed E-state index contributed by atoms with van der Waals surface area (Å²) in [6, 6.07) is 13.4. The number of halogens is 1. The van der Waals surface area contributed by atoms with Crippen molar-refractivity contribution in [1.82, 2.24) is 4.90 Å². The van der Waals surface area contributed by atoms with Crippen molar-refractivity contribution in [3.8, 4) is 5.75 Å². The van der Waals surface area contributed by atoms with Crippen LogP contribution in [0.4, 0.5) is 10.1 Å². The van der Waals surface area contributed by atoms with Crippen molar-refractivity contribution in [3.05, 3.63) is 72.6 Å². The summed E-state index contributed by atoms with van der Waals surface area (Å²) in [5.41, 5.74) is 1.66. The Morgan fingerprint density at radius 2 is 1.88 bits per heavy atom.